The minimum absolute atomic E-state index is 0.0627. The molecule has 5 heteroatoms. The molecule has 0 unspecified atom stereocenters. The SMILES string of the molecule is CCc1nnc(N(CCO)Cc2ccccc2)nc1CC. The third kappa shape index (κ3) is 3.98. The van der Waals surface area contributed by atoms with E-state index >= 15 is 0 Å². The average molecular weight is 286 g/mol. The van der Waals surface area contributed by atoms with E-state index in [2.05, 4.69) is 41.2 Å². The molecule has 0 aliphatic heterocycles. The summed E-state index contributed by atoms with van der Waals surface area (Å²) in [5, 5.41) is 17.8. The van der Waals surface area contributed by atoms with E-state index < -0.39 is 0 Å². The first-order valence-corrected chi connectivity index (χ1v) is 7.40. The maximum Gasteiger partial charge on any atom is 0.245 e. The van der Waals surface area contributed by atoms with Crippen LogP contribution in [-0.2, 0) is 19.4 Å². The molecule has 0 fully saturated rings. The lowest BCUT2D eigenvalue weighted by Crippen LogP contribution is -2.29. The second-order valence-electron chi connectivity index (χ2n) is 4.84. The molecule has 2 rings (SSSR count). The van der Waals surface area contributed by atoms with Crippen LogP contribution in [0.1, 0.15) is 30.8 Å². The molecule has 0 aliphatic carbocycles. The van der Waals surface area contributed by atoms with Crippen LogP contribution in [0.3, 0.4) is 0 Å². The van der Waals surface area contributed by atoms with Gasteiger partial charge in [-0.15, -0.1) is 5.10 Å². The first kappa shape index (κ1) is 15.4. The molecule has 0 amide bonds. The lowest BCUT2D eigenvalue weighted by Gasteiger charge is -2.22. The van der Waals surface area contributed by atoms with Crippen molar-refractivity contribution in [3.05, 3.63) is 47.3 Å². The van der Waals surface area contributed by atoms with E-state index in [1.807, 2.05) is 23.1 Å². The van der Waals surface area contributed by atoms with Crippen LogP contribution in [-0.4, -0.2) is 33.4 Å². The molecule has 2 aromatic rings. The molecule has 1 N–H and O–H groups in total. The van der Waals surface area contributed by atoms with Crippen LogP contribution >= 0.6 is 0 Å². The lowest BCUT2D eigenvalue weighted by molar-refractivity contribution is 0.300. The monoisotopic (exact) mass is 286 g/mol. The Hall–Kier alpha value is -2.01. The molecule has 112 valence electrons. The van der Waals surface area contributed by atoms with Gasteiger partial charge in [-0.1, -0.05) is 44.2 Å². The van der Waals surface area contributed by atoms with Crippen molar-refractivity contribution < 1.29 is 5.11 Å². The summed E-state index contributed by atoms with van der Waals surface area (Å²) in [5.41, 5.74) is 3.09. The molecule has 0 aliphatic rings. The van der Waals surface area contributed by atoms with Crippen molar-refractivity contribution in [3.63, 3.8) is 0 Å². The molecule has 0 atom stereocenters. The van der Waals surface area contributed by atoms with Crippen LogP contribution in [0.2, 0.25) is 0 Å². The summed E-state index contributed by atoms with van der Waals surface area (Å²) in [6.07, 6.45) is 1.67. The van der Waals surface area contributed by atoms with E-state index in [1.54, 1.807) is 0 Å². The zero-order valence-corrected chi connectivity index (χ0v) is 12.7. The second-order valence-corrected chi connectivity index (χ2v) is 4.84. The van der Waals surface area contributed by atoms with Crippen LogP contribution in [0.15, 0.2) is 30.3 Å². The van der Waals surface area contributed by atoms with Crippen LogP contribution in [0.5, 0.6) is 0 Å². The predicted molar refractivity (Wildman–Crippen MR) is 83.2 cm³/mol. The van der Waals surface area contributed by atoms with Gasteiger partial charge in [-0.25, -0.2) is 4.98 Å². The van der Waals surface area contributed by atoms with E-state index in [9.17, 15) is 5.11 Å². The summed E-state index contributed by atoms with van der Waals surface area (Å²) < 4.78 is 0. The molecule has 21 heavy (non-hydrogen) atoms. The van der Waals surface area contributed by atoms with Gasteiger partial charge in [-0.05, 0) is 18.4 Å². The van der Waals surface area contributed by atoms with Gasteiger partial charge in [0.2, 0.25) is 5.95 Å². The second kappa shape index (κ2) is 7.69. The van der Waals surface area contributed by atoms with Crippen molar-refractivity contribution in [2.75, 3.05) is 18.1 Å². The first-order chi connectivity index (χ1) is 10.3. The number of hydrogen-bond acceptors (Lipinski definition) is 5. The van der Waals surface area contributed by atoms with Crippen LogP contribution < -0.4 is 4.90 Å². The topological polar surface area (TPSA) is 62.1 Å². The number of aromatic nitrogens is 3. The Bertz CT molecular complexity index is 559. The molecular weight excluding hydrogens is 264 g/mol. The van der Waals surface area contributed by atoms with Crippen molar-refractivity contribution >= 4 is 5.95 Å². The number of benzene rings is 1. The molecule has 0 saturated heterocycles. The van der Waals surface area contributed by atoms with E-state index in [1.165, 1.54) is 0 Å². The Morgan fingerprint density at radius 1 is 1.00 bits per heavy atom. The standard InChI is InChI=1S/C16H22N4O/c1-3-14-15(4-2)18-19-16(17-14)20(10-11-21)12-13-8-6-5-7-9-13/h5-9,21H,3-4,10-12H2,1-2H3. The maximum atomic E-state index is 9.29. The Balaban J connectivity index is 2.25. The summed E-state index contributed by atoms with van der Waals surface area (Å²) in [7, 11) is 0. The van der Waals surface area contributed by atoms with E-state index in [0.717, 1.165) is 29.8 Å². The van der Waals surface area contributed by atoms with Crippen molar-refractivity contribution in [1.82, 2.24) is 15.2 Å². The molecule has 0 spiro atoms. The van der Waals surface area contributed by atoms with Gasteiger partial charge in [-0.3, -0.25) is 0 Å². The summed E-state index contributed by atoms with van der Waals surface area (Å²) in [5.74, 6) is 0.585. The highest BCUT2D eigenvalue weighted by Gasteiger charge is 2.13. The summed E-state index contributed by atoms with van der Waals surface area (Å²) in [6.45, 7) is 5.34. The van der Waals surface area contributed by atoms with Crippen molar-refractivity contribution in [2.24, 2.45) is 0 Å². The molecule has 0 bridgehead atoms. The summed E-state index contributed by atoms with van der Waals surface area (Å²) >= 11 is 0. The van der Waals surface area contributed by atoms with Crippen LogP contribution in [0, 0.1) is 0 Å². The number of nitrogens with zero attached hydrogens (tertiary/aromatic N) is 4. The molecular formula is C16H22N4O. The lowest BCUT2D eigenvalue weighted by atomic mass is 10.2. The normalized spacial score (nSPS) is 10.6. The van der Waals surface area contributed by atoms with Crippen molar-refractivity contribution in [1.29, 1.82) is 0 Å². The summed E-state index contributed by atoms with van der Waals surface area (Å²) in [4.78, 5) is 6.58. The Morgan fingerprint density at radius 2 is 1.71 bits per heavy atom. The highest BCUT2D eigenvalue weighted by molar-refractivity contribution is 5.33. The quantitative estimate of drug-likeness (QED) is 0.843. The van der Waals surface area contributed by atoms with Gasteiger partial charge < -0.3 is 10.0 Å². The van der Waals surface area contributed by atoms with Gasteiger partial charge in [0, 0.05) is 13.1 Å². The predicted octanol–water partition coefficient (Wildman–Crippen LogP) is 2.00. The molecule has 1 heterocycles. The fraction of sp³-hybridized carbons (Fsp3) is 0.438. The number of rotatable bonds is 7. The third-order valence-electron chi connectivity index (χ3n) is 3.37. The van der Waals surface area contributed by atoms with Gasteiger partial charge in [0.25, 0.3) is 0 Å². The van der Waals surface area contributed by atoms with Gasteiger partial charge in [-0.2, -0.15) is 5.10 Å². The number of aliphatic hydroxyl groups excluding tert-OH is 1. The zero-order chi connectivity index (χ0) is 15.1. The zero-order valence-electron chi connectivity index (χ0n) is 12.7. The number of aliphatic hydroxyl groups is 1. The number of anilines is 1. The van der Waals surface area contributed by atoms with Crippen LogP contribution in [0.4, 0.5) is 5.95 Å². The molecule has 1 aromatic carbocycles. The highest BCUT2D eigenvalue weighted by Crippen LogP contribution is 2.14. The van der Waals surface area contributed by atoms with Gasteiger partial charge in [0.1, 0.15) is 0 Å². The van der Waals surface area contributed by atoms with E-state index in [-0.39, 0.29) is 6.61 Å². The Labute approximate surface area is 125 Å². The molecule has 5 nitrogen and oxygen atoms in total. The number of aryl methyl sites for hydroxylation is 2. The average Bonchev–Trinajstić information content (AvgIpc) is 2.54. The first-order valence-electron chi connectivity index (χ1n) is 7.40. The minimum atomic E-state index is 0.0627. The Kier molecular flexibility index (Phi) is 5.63. The fourth-order valence-electron chi connectivity index (χ4n) is 2.24. The van der Waals surface area contributed by atoms with Gasteiger partial charge in [0.05, 0.1) is 18.0 Å². The van der Waals surface area contributed by atoms with Gasteiger partial charge >= 0.3 is 0 Å². The fourth-order valence-corrected chi connectivity index (χ4v) is 2.24. The van der Waals surface area contributed by atoms with Crippen LogP contribution in [0.25, 0.3) is 0 Å². The largest absolute Gasteiger partial charge is 0.395 e. The van der Waals surface area contributed by atoms with E-state index in [0.29, 0.717) is 19.0 Å². The molecule has 0 radical (unpaired) electrons. The van der Waals surface area contributed by atoms with Crippen molar-refractivity contribution in [3.8, 4) is 0 Å². The minimum Gasteiger partial charge on any atom is -0.395 e. The number of hydrogen-bond donors (Lipinski definition) is 1. The molecule has 0 saturated carbocycles. The smallest absolute Gasteiger partial charge is 0.245 e. The van der Waals surface area contributed by atoms with E-state index in [4.69, 9.17) is 0 Å². The summed E-state index contributed by atoms with van der Waals surface area (Å²) in [6, 6.07) is 10.1. The van der Waals surface area contributed by atoms with Gasteiger partial charge in [0.15, 0.2) is 0 Å². The molecule has 1 aromatic heterocycles. The Morgan fingerprint density at radius 3 is 2.33 bits per heavy atom. The van der Waals surface area contributed by atoms with Crippen molar-refractivity contribution in [2.45, 2.75) is 33.2 Å². The maximum absolute atomic E-state index is 9.29. The third-order valence-corrected chi connectivity index (χ3v) is 3.37. The highest BCUT2D eigenvalue weighted by atomic mass is 16.3.